The van der Waals surface area contributed by atoms with Crippen LogP contribution in [-0.4, -0.2) is 21.1 Å². The molecule has 25 heavy (non-hydrogen) atoms. The van der Waals surface area contributed by atoms with Crippen molar-refractivity contribution >= 4 is 39.9 Å². The number of benzene rings is 1. The molecule has 3 heterocycles. The average molecular weight is 349 g/mol. The molecule has 0 unspecified atom stereocenters. The van der Waals surface area contributed by atoms with Crippen LogP contribution in [0.15, 0.2) is 58.5 Å². The molecule has 2 amide bonds. The van der Waals surface area contributed by atoms with E-state index in [9.17, 15) is 14.4 Å². The van der Waals surface area contributed by atoms with Gasteiger partial charge < -0.3 is 4.98 Å². The largest absolute Gasteiger partial charge is 0.329 e. The van der Waals surface area contributed by atoms with E-state index < -0.39 is 5.91 Å². The molecule has 3 aromatic rings. The first-order chi connectivity index (χ1) is 12.1. The van der Waals surface area contributed by atoms with Crippen molar-refractivity contribution in [1.29, 1.82) is 0 Å². The molecular formula is C18H11N3O3S. The van der Waals surface area contributed by atoms with Crippen molar-refractivity contribution in [2.45, 2.75) is 0 Å². The Kier molecular flexibility index (Phi) is 3.70. The number of nitrogens with one attached hydrogen (secondary N) is 2. The van der Waals surface area contributed by atoms with E-state index in [1.54, 1.807) is 18.5 Å². The maximum absolute atomic E-state index is 11.7. The summed E-state index contributed by atoms with van der Waals surface area (Å²) in [4.78, 5) is 41.9. The van der Waals surface area contributed by atoms with E-state index in [0.29, 0.717) is 4.91 Å². The van der Waals surface area contributed by atoms with Gasteiger partial charge in [-0.25, -0.2) is 0 Å². The number of fused-ring (bicyclic) bond motifs is 1. The fraction of sp³-hybridized carbons (Fsp3) is 0. The van der Waals surface area contributed by atoms with Gasteiger partial charge in [-0.3, -0.25) is 24.7 Å². The lowest BCUT2D eigenvalue weighted by Gasteiger charge is -2.07. The molecule has 1 aliphatic rings. The molecule has 2 aromatic heterocycles. The zero-order valence-electron chi connectivity index (χ0n) is 12.8. The predicted octanol–water partition coefficient (Wildman–Crippen LogP) is 2.91. The van der Waals surface area contributed by atoms with E-state index in [1.807, 2.05) is 30.3 Å². The van der Waals surface area contributed by atoms with Crippen molar-refractivity contribution in [2.75, 3.05) is 0 Å². The van der Waals surface area contributed by atoms with E-state index in [1.165, 1.54) is 6.07 Å². The molecule has 4 rings (SSSR count). The molecule has 122 valence electrons. The molecular weight excluding hydrogens is 338 g/mol. The number of hydrogen-bond donors (Lipinski definition) is 2. The van der Waals surface area contributed by atoms with E-state index in [2.05, 4.69) is 15.3 Å². The van der Waals surface area contributed by atoms with Crippen LogP contribution < -0.4 is 10.9 Å². The molecule has 0 saturated carbocycles. The summed E-state index contributed by atoms with van der Waals surface area (Å²) in [5.74, 6) is -0.392. The molecule has 0 radical (unpaired) electrons. The highest BCUT2D eigenvalue weighted by Gasteiger charge is 2.24. The molecule has 1 saturated heterocycles. The molecule has 1 aromatic carbocycles. The summed E-state index contributed by atoms with van der Waals surface area (Å²) in [5, 5.41) is 2.72. The van der Waals surface area contributed by atoms with Crippen LogP contribution in [0, 0.1) is 0 Å². The van der Waals surface area contributed by atoms with Crippen LogP contribution in [0.25, 0.3) is 28.1 Å². The third kappa shape index (κ3) is 2.97. The molecule has 1 fully saturated rings. The Morgan fingerprint density at radius 3 is 2.68 bits per heavy atom. The lowest BCUT2D eigenvalue weighted by atomic mass is 10.0. The van der Waals surface area contributed by atoms with Gasteiger partial charge in [-0.05, 0) is 58.8 Å². The van der Waals surface area contributed by atoms with E-state index in [-0.39, 0.29) is 10.8 Å². The highest BCUT2D eigenvalue weighted by atomic mass is 32.2. The monoisotopic (exact) mass is 349 g/mol. The predicted molar refractivity (Wildman–Crippen MR) is 96.9 cm³/mol. The Morgan fingerprint density at radius 1 is 1.04 bits per heavy atom. The zero-order valence-corrected chi connectivity index (χ0v) is 13.6. The van der Waals surface area contributed by atoms with Crippen LogP contribution in [0.4, 0.5) is 4.79 Å². The summed E-state index contributed by atoms with van der Waals surface area (Å²) in [6.07, 6.45) is 4.95. The number of rotatable bonds is 2. The number of aromatic nitrogens is 2. The number of hydrogen-bond acceptors (Lipinski definition) is 5. The van der Waals surface area contributed by atoms with Crippen LogP contribution in [0.2, 0.25) is 0 Å². The van der Waals surface area contributed by atoms with Crippen LogP contribution in [-0.2, 0) is 4.79 Å². The van der Waals surface area contributed by atoms with Crippen LogP contribution in [0.5, 0.6) is 0 Å². The molecule has 2 N–H and O–H groups in total. The Hall–Kier alpha value is -3.19. The first-order valence-electron chi connectivity index (χ1n) is 7.43. The van der Waals surface area contributed by atoms with E-state index in [0.717, 1.165) is 39.4 Å². The van der Waals surface area contributed by atoms with Gasteiger partial charge in [-0.1, -0.05) is 6.07 Å². The van der Waals surface area contributed by atoms with Crippen molar-refractivity contribution in [1.82, 2.24) is 15.3 Å². The normalized spacial score (nSPS) is 15.8. The smallest absolute Gasteiger partial charge is 0.290 e. The number of carbonyl (C=O) groups is 2. The highest BCUT2D eigenvalue weighted by molar-refractivity contribution is 8.18. The summed E-state index contributed by atoms with van der Waals surface area (Å²) in [6, 6.07) is 10.8. The quantitative estimate of drug-likeness (QED) is 0.694. The number of carbonyl (C=O) groups excluding carboxylic acids is 2. The molecule has 6 nitrogen and oxygen atoms in total. The van der Waals surface area contributed by atoms with Crippen molar-refractivity contribution in [3.8, 4) is 11.1 Å². The van der Waals surface area contributed by atoms with Crippen molar-refractivity contribution < 1.29 is 9.59 Å². The summed E-state index contributed by atoms with van der Waals surface area (Å²) >= 11 is 0.877. The van der Waals surface area contributed by atoms with Gasteiger partial charge in [0, 0.05) is 23.8 Å². The number of H-pyrrole nitrogens is 1. The Morgan fingerprint density at radius 2 is 1.92 bits per heavy atom. The zero-order chi connectivity index (χ0) is 17.4. The summed E-state index contributed by atoms with van der Waals surface area (Å²) in [7, 11) is 0. The second kappa shape index (κ2) is 6.03. The second-order valence-corrected chi connectivity index (χ2v) is 6.44. The van der Waals surface area contributed by atoms with E-state index in [4.69, 9.17) is 0 Å². The fourth-order valence-electron chi connectivity index (χ4n) is 2.69. The molecule has 0 spiro atoms. The maximum atomic E-state index is 11.7. The SMILES string of the molecule is O=C1NC(=O)/C(=C\c2ccc3nccc(-c4cc[nH]c(=O)c4)c3c2)S1. The topological polar surface area (TPSA) is 91.9 Å². The summed E-state index contributed by atoms with van der Waals surface area (Å²) < 4.78 is 0. The number of imide groups is 1. The first-order valence-corrected chi connectivity index (χ1v) is 8.24. The van der Waals surface area contributed by atoms with Crippen molar-refractivity contribution in [3.05, 3.63) is 69.6 Å². The molecule has 1 aliphatic heterocycles. The van der Waals surface area contributed by atoms with Gasteiger partial charge in [0.25, 0.3) is 11.1 Å². The Balaban J connectivity index is 1.86. The third-order valence-corrected chi connectivity index (χ3v) is 4.60. The molecule has 7 heteroatoms. The minimum atomic E-state index is -0.392. The number of thioether (sulfide) groups is 1. The summed E-state index contributed by atoms with van der Waals surface area (Å²) in [6.45, 7) is 0. The van der Waals surface area contributed by atoms with Gasteiger partial charge in [-0.2, -0.15) is 0 Å². The standard InChI is InChI=1S/C18H11N3O3S/c22-16-9-11(3-5-20-16)12-4-6-19-14-2-1-10(7-13(12)14)8-15-17(23)21-18(24)25-15/h1-9H,(H,20,22)(H,21,23,24)/b15-8+. The minimum absolute atomic E-state index is 0.182. The van der Waals surface area contributed by atoms with Crippen molar-refractivity contribution in [2.24, 2.45) is 0 Å². The summed E-state index contributed by atoms with van der Waals surface area (Å²) in [5.41, 5.74) is 3.02. The molecule has 0 aliphatic carbocycles. The van der Waals surface area contributed by atoms with Gasteiger partial charge in [0.05, 0.1) is 10.4 Å². The molecule has 0 atom stereocenters. The van der Waals surface area contributed by atoms with Gasteiger partial charge in [0.2, 0.25) is 5.56 Å². The molecule has 0 bridgehead atoms. The lowest BCUT2D eigenvalue weighted by Crippen LogP contribution is -2.17. The average Bonchev–Trinajstić information content (AvgIpc) is 2.91. The van der Waals surface area contributed by atoms with Crippen LogP contribution >= 0.6 is 11.8 Å². The fourth-order valence-corrected chi connectivity index (χ4v) is 3.37. The number of amides is 2. The number of pyridine rings is 2. The Labute approximate surface area is 146 Å². The Bertz CT molecular complexity index is 1120. The number of nitrogens with zero attached hydrogens (tertiary/aromatic N) is 1. The van der Waals surface area contributed by atoms with Gasteiger partial charge in [0.15, 0.2) is 0 Å². The van der Waals surface area contributed by atoms with Crippen molar-refractivity contribution in [3.63, 3.8) is 0 Å². The maximum Gasteiger partial charge on any atom is 0.290 e. The lowest BCUT2D eigenvalue weighted by molar-refractivity contribution is -0.115. The van der Waals surface area contributed by atoms with Crippen LogP contribution in [0.3, 0.4) is 0 Å². The minimum Gasteiger partial charge on any atom is -0.329 e. The second-order valence-electron chi connectivity index (χ2n) is 5.43. The van der Waals surface area contributed by atoms with Gasteiger partial charge >= 0.3 is 0 Å². The highest BCUT2D eigenvalue weighted by Crippen LogP contribution is 2.30. The third-order valence-electron chi connectivity index (χ3n) is 3.79. The van der Waals surface area contributed by atoms with Crippen LogP contribution in [0.1, 0.15) is 5.56 Å². The van der Waals surface area contributed by atoms with Gasteiger partial charge in [0.1, 0.15) is 0 Å². The van der Waals surface area contributed by atoms with E-state index >= 15 is 0 Å². The number of aromatic amines is 1. The van der Waals surface area contributed by atoms with Gasteiger partial charge in [-0.15, -0.1) is 0 Å². The first kappa shape index (κ1) is 15.3.